The van der Waals surface area contributed by atoms with Gasteiger partial charge < -0.3 is 24.6 Å². The predicted octanol–water partition coefficient (Wildman–Crippen LogP) is 5.59. The van der Waals surface area contributed by atoms with Crippen LogP contribution < -0.4 is 10.1 Å². The molecule has 0 radical (unpaired) electrons. The van der Waals surface area contributed by atoms with Crippen molar-refractivity contribution >= 4 is 17.8 Å². The maximum atomic E-state index is 13.0. The Morgan fingerprint density at radius 1 is 1.09 bits per heavy atom. The molecule has 1 fully saturated rings. The first-order chi connectivity index (χ1) is 15.2. The van der Waals surface area contributed by atoms with Gasteiger partial charge in [0.25, 0.3) is 0 Å². The zero-order valence-electron chi connectivity index (χ0n) is 19.3. The summed E-state index contributed by atoms with van der Waals surface area (Å²) in [4.78, 5) is 28.7. The number of carbonyl (C=O) groups excluding carboxylic acids is 2. The van der Waals surface area contributed by atoms with Gasteiger partial charge in [-0.1, -0.05) is 30.3 Å². The van der Waals surface area contributed by atoms with Crippen molar-refractivity contribution in [3.05, 3.63) is 54.6 Å². The topological polar surface area (TPSA) is 71.1 Å². The Hall–Kier alpha value is -3.22. The molecule has 1 unspecified atom stereocenters. The van der Waals surface area contributed by atoms with Crippen molar-refractivity contribution in [2.75, 3.05) is 32.0 Å². The molecule has 1 atom stereocenters. The monoisotopic (exact) mass is 439 g/mol. The Kier molecular flexibility index (Phi) is 7.62. The molecule has 3 rings (SSSR count). The molecule has 0 spiro atoms. The van der Waals surface area contributed by atoms with Crippen LogP contribution in [0.5, 0.6) is 11.5 Å². The number of urea groups is 1. The molecule has 1 heterocycles. The molecule has 172 valence electrons. The quantitative estimate of drug-likeness (QED) is 0.659. The van der Waals surface area contributed by atoms with Gasteiger partial charge in [0, 0.05) is 26.7 Å². The highest BCUT2D eigenvalue weighted by Crippen LogP contribution is 2.30. The summed E-state index contributed by atoms with van der Waals surface area (Å²) in [6, 6.07) is 16.7. The van der Waals surface area contributed by atoms with Crippen molar-refractivity contribution < 1.29 is 19.1 Å². The maximum absolute atomic E-state index is 13.0. The highest BCUT2D eigenvalue weighted by molar-refractivity contribution is 5.91. The standard InChI is InChI=1S/C25H33N3O4/c1-25(2,3)32-24(30)27(4)17-19-11-10-16-28(18-19)23(29)26-21-14-8-9-15-22(21)31-20-12-6-5-7-13-20/h5-9,12-15,19H,10-11,16-18H2,1-4H3,(H,26,29). The molecule has 0 aromatic heterocycles. The van der Waals surface area contributed by atoms with E-state index in [4.69, 9.17) is 9.47 Å². The number of carbonyl (C=O) groups is 2. The summed E-state index contributed by atoms with van der Waals surface area (Å²) in [5.41, 5.74) is 0.0910. The second kappa shape index (κ2) is 10.4. The third-order valence-electron chi connectivity index (χ3n) is 5.14. The second-order valence-electron chi connectivity index (χ2n) is 9.16. The molecule has 1 aliphatic heterocycles. The number of rotatable bonds is 5. The molecule has 1 saturated heterocycles. The highest BCUT2D eigenvalue weighted by atomic mass is 16.6. The Morgan fingerprint density at radius 2 is 1.78 bits per heavy atom. The summed E-state index contributed by atoms with van der Waals surface area (Å²) in [5.74, 6) is 1.49. The Bertz CT molecular complexity index is 911. The molecule has 1 N–H and O–H groups in total. The van der Waals surface area contributed by atoms with Crippen molar-refractivity contribution in [2.45, 2.75) is 39.2 Å². The largest absolute Gasteiger partial charge is 0.455 e. The number of ether oxygens (including phenoxy) is 2. The van der Waals surface area contributed by atoms with Gasteiger partial charge in [-0.15, -0.1) is 0 Å². The molecular weight excluding hydrogens is 406 g/mol. The van der Waals surface area contributed by atoms with Crippen LogP contribution in [-0.4, -0.2) is 54.2 Å². The third kappa shape index (κ3) is 6.90. The molecule has 0 saturated carbocycles. The fourth-order valence-corrected chi connectivity index (χ4v) is 3.67. The van der Waals surface area contributed by atoms with Gasteiger partial charge in [-0.25, -0.2) is 9.59 Å². The maximum Gasteiger partial charge on any atom is 0.410 e. The van der Waals surface area contributed by atoms with E-state index in [9.17, 15) is 9.59 Å². The molecule has 7 heteroatoms. The van der Waals surface area contributed by atoms with Crippen LogP contribution in [-0.2, 0) is 4.74 Å². The molecule has 0 bridgehead atoms. The summed E-state index contributed by atoms with van der Waals surface area (Å²) in [7, 11) is 1.74. The van der Waals surface area contributed by atoms with Crippen LogP contribution >= 0.6 is 0 Å². The van der Waals surface area contributed by atoms with Crippen LogP contribution in [0.15, 0.2) is 54.6 Å². The lowest BCUT2D eigenvalue weighted by Gasteiger charge is -2.35. The normalized spacial score (nSPS) is 16.2. The first-order valence-electron chi connectivity index (χ1n) is 11.0. The van der Waals surface area contributed by atoms with Crippen molar-refractivity contribution in [1.82, 2.24) is 9.80 Å². The number of piperidine rings is 1. The number of nitrogens with zero attached hydrogens (tertiary/aromatic N) is 2. The molecule has 0 aliphatic carbocycles. The van der Waals surface area contributed by atoms with E-state index in [1.54, 1.807) is 16.8 Å². The van der Waals surface area contributed by atoms with Crippen molar-refractivity contribution in [3.8, 4) is 11.5 Å². The van der Waals surface area contributed by atoms with Crippen LogP contribution in [0.3, 0.4) is 0 Å². The average Bonchev–Trinajstić information content (AvgIpc) is 2.75. The smallest absolute Gasteiger partial charge is 0.410 e. The number of likely N-dealkylation sites (tertiary alicyclic amines) is 1. The van der Waals surface area contributed by atoms with E-state index >= 15 is 0 Å². The molecule has 1 aliphatic rings. The summed E-state index contributed by atoms with van der Waals surface area (Å²) < 4.78 is 11.4. The number of hydrogen-bond acceptors (Lipinski definition) is 4. The van der Waals surface area contributed by atoms with Crippen LogP contribution in [0, 0.1) is 5.92 Å². The summed E-state index contributed by atoms with van der Waals surface area (Å²) in [5, 5.41) is 2.98. The molecule has 7 nitrogen and oxygen atoms in total. The van der Waals surface area contributed by atoms with Crippen LogP contribution in [0.1, 0.15) is 33.6 Å². The minimum absolute atomic E-state index is 0.168. The molecule has 32 heavy (non-hydrogen) atoms. The first kappa shape index (κ1) is 23.4. The fraction of sp³-hybridized carbons (Fsp3) is 0.440. The predicted molar refractivity (Wildman–Crippen MR) is 125 cm³/mol. The minimum atomic E-state index is -0.529. The van der Waals surface area contributed by atoms with E-state index < -0.39 is 5.60 Å². The van der Waals surface area contributed by atoms with Crippen molar-refractivity contribution in [2.24, 2.45) is 5.92 Å². The van der Waals surface area contributed by atoms with Crippen molar-refractivity contribution in [3.63, 3.8) is 0 Å². The zero-order valence-corrected chi connectivity index (χ0v) is 19.3. The lowest BCUT2D eigenvalue weighted by molar-refractivity contribution is 0.0253. The number of hydrogen-bond donors (Lipinski definition) is 1. The van der Waals surface area contributed by atoms with Gasteiger partial charge in [0.1, 0.15) is 11.4 Å². The third-order valence-corrected chi connectivity index (χ3v) is 5.14. The number of para-hydroxylation sites is 3. The van der Waals surface area contributed by atoms with Gasteiger partial charge in [0.2, 0.25) is 0 Å². The molecule has 3 amide bonds. The lowest BCUT2D eigenvalue weighted by Crippen LogP contribution is -2.46. The van der Waals surface area contributed by atoms with Crippen LogP contribution in [0.2, 0.25) is 0 Å². The number of nitrogens with one attached hydrogen (secondary N) is 1. The number of benzene rings is 2. The van der Waals surface area contributed by atoms with E-state index in [1.165, 1.54) is 0 Å². The van der Waals surface area contributed by atoms with Crippen LogP contribution in [0.25, 0.3) is 0 Å². The van der Waals surface area contributed by atoms with Gasteiger partial charge in [0.05, 0.1) is 5.69 Å². The van der Waals surface area contributed by atoms with Gasteiger partial charge >= 0.3 is 12.1 Å². The Morgan fingerprint density at radius 3 is 2.50 bits per heavy atom. The molecular formula is C25H33N3O4. The van der Waals surface area contributed by atoms with E-state index in [1.807, 2.05) is 75.4 Å². The van der Waals surface area contributed by atoms with E-state index in [-0.39, 0.29) is 18.0 Å². The fourth-order valence-electron chi connectivity index (χ4n) is 3.67. The zero-order chi connectivity index (χ0) is 23.1. The van der Waals surface area contributed by atoms with E-state index in [2.05, 4.69) is 5.32 Å². The Labute approximate surface area is 190 Å². The number of anilines is 1. The van der Waals surface area contributed by atoms with Gasteiger partial charge in [-0.05, 0) is 63.8 Å². The first-order valence-corrected chi connectivity index (χ1v) is 11.0. The van der Waals surface area contributed by atoms with Gasteiger partial charge in [0.15, 0.2) is 5.75 Å². The van der Waals surface area contributed by atoms with E-state index in [0.717, 1.165) is 12.8 Å². The summed E-state index contributed by atoms with van der Waals surface area (Å²) in [6.07, 6.45) is 1.51. The second-order valence-corrected chi connectivity index (χ2v) is 9.16. The van der Waals surface area contributed by atoms with Crippen molar-refractivity contribution in [1.29, 1.82) is 0 Å². The van der Waals surface area contributed by atoms with Gasteiger partial charge in [-0.2, -0.15) is 0 Å². The summed E-state index contributed by atoms with van der Waals surface area (Å²) >= 11 is 0. The highest BCUT2D eigenvalue weighted by Gasteiger charge is 2.27. The minimum Gasteiger partial charge on any atom is -0.455 e. The summed E-state index contributed by atoms with van der Waals surface area (Å²) in [6.45, 7) is 7.37. The SMILES string of the molecule is CN(CC1CCCN(C(=O)Nc2ccccc2Oc2ccccc2)C1)C(=O)OC(C)(C)C. The number of amides is 3. The molecule has 2 aromatic carbocycles. The Balaban J connectivity index is 1.58. The lowest BCUT2D eigenvalue weighted by atomic mass is 9.98. The van der Waals surface area contributed by atoms with E-state index in [0.29, 0.717) is 36.8 Å². The van der Waals surface area contributed by atoms with Crippen LogP contribution in [0.4, 0.5) is 15.3 Å². The van der Waals surface area contributed by atoms with Gasteiger partial charge in [-0.3, -0.25) is 0 Å². The molecule has 2 aromatic rings. The average molecular weight is 440 g/mol.